The van der Waals surface area contributed by atoms with Gasteiger partial charge in [-0.25, -0.2) is 4.79 Å². The molecule has 0 saturated carbocycles. The van der Waals surface area contributed by atoms with Crippen LogP contribution in [0.4, 0.5) is 0 Å². The van der Waals surface area contributed by atoms with Crippen LogP contribution < -0.4 is 11.2 Å². The number of fused-ring (bicyclic) bond motifs is 1. The molecule has 0 radical (unpaired) electrons. The molecule has 0 fully saturated rings. The smallest absolute Gasteiger partial charge is 0.331 e. The molecule has 3 heterocycles. The molecule has 1 unspecified atom stereocenters. The van der Waals surface area contributed by atoms with Gasteiger partial charge in [0, 0.05) is 24.8 Å². The van der Waals surface area contributed by atoms with Gasteiger partial charge < -0.3 is 9.30 Å². The third-order valence-corrected chi connectivity index (χ3v) is 6.40. The molecule has 1 atom stereocenters. The predicted molar refractivity (Wildman–Crippen MR) is 143 cm³/mol. The van der Waals surface area contributed by atoms with Crippen LogP contribution in [0.5, 0.6) is 0 Å². The third kappa shape index (κ3) is 4.82. The Kier molecular flexibility index (Phi) is 7.64. The molecule has 0 spiro atoms. The SMILES string of the molecule is CCCn1c(=O)c2c(cc(-c3cnn(Cc4cccc(C)c4)c3)n2C(CC)OC(C)C)n(CC)c1=O. The Morgan fingerprint density at radius 3 is 2.47 bits per heavy atom. The first-order valence-corrected chi connectivity index (χ1v) is 12.9. The van der Waals surface area contributed by atoms with Gasteiger partial charge >= 0.3 is 5.69 Å². The summed E-state index contributed by atoms with van der Waals surface area (Å²) in [6.07, 6.45) is 4.80. The zero-order chi connectivity index (χ0) is 26.0. The van der Waals surface area contributed by atoms with Crippen LogP contribution in [-0.4, -0.2) is 29.6 Å². The standard InChI is InChI=1S/C28H37N5O3/c1-7-13-32-27(34)26-24(31(9-3)28(32)35)15-23(33(26)25(8-2)36-19(4)5)22-16-29-30(18-22)17-21-12-10-11-20(6)14-21/h10-12,14-16,18-19,25H,7-9,13,17H2,1-6H3. The van der Waals surface area contributed by atoms with Gasteiger partial charge in [-0.1, -0.05) is 43.7 Å². The molecular weight excluding hydrogens is 454 g/mol. The summed E-state index contributed by atoms with van der Waals surface area (Å²) < 4.78 is 13.2. The first kappa shape index (κ1) is 25.7. The van der Waals surface area contributed by atoms with Gasteiger partial charge in [0.2, 0.25) is 0 Å². The summed E-state index contributed by atoms with van der Waals surface area (Å²) in [6, 6.07) is 10.3. The highest BCUT2D eigenvalue weighted by Crippen LogP contribution is 2.32. The third-order valence-electron chi connectivity index (χ3n) is 6.40. The van der Waals surface area contributed by atoms with Crippen LogP contribution in [0.2, 0.25) is 0 Å². The summed E-state index contributed by atoms with van der Waals surface area (Å²) in [4.78, 5) is 26.9. The van der Waals surface area contributed by atoms with Gasteiger partial charge in [-0.3, -0.25) is 18.6 Å². The number of benzene rings is 1. The molecule has 8 nitrogen and oxygen atoms in total. The fraction of sp³-hybridized carbons (Fsp3) is 0.464. The van der Waals surface area contributed by atoms with E-state index >= 15 is 0 Å². The zero-order valence-corrected chi connectivity index (χ0v) is 22.2. The van der Waals surface area contributed by atoms with E-state index in [1.807, 2.05) is 68.4 Å². The van der Waals surface area contributed by atoms with Crippen molar-refractivity contribution >= 4 is 11.0 Å². The molecule has 0 aliphatic rings. The van der Waals surface area contributed by atoms with Crippen LogP contribution in [0, 0.1) is 6.92 Å². The van der Waals surface area contributed by atoms with Crippen molar-refractivity contribution in [2.45, 2.75) is 86.4 Å². The largest absolute Gasteiger partial charge is 0.355 e. The van der Waals surface area contributed by atoms with Gasteiger partial charge in [-0.15, -0.1) is 0 Å². The lowest BCUT2D eigenvalue weighted by Crippen LogP contribution is -2.40. The highest BCUT2D eigenvalue weighted by atomic mass is 16.5. The number of hydrogen-bond acceptors (Lipinski definition) is 4. The number of aromatic nitrogens is 5. The molecule has 0 bridgehead atoms. The molecule has 4 aromatic rings. The van der Waals surface area contributed by atoms with E-state index in [0.29, 0.717) is 43.5 Å². The lowest BCUT2D eigenvalue weighted by atomic mass is 10.1. The molecule has 1 aromatic carbocycles. The Bertz CT molecular complexity index is 1470. The average Bonchev–Trinajstić information content (AvgIpc) is 3.45. The van der Waals surface area contributed by atoms with E-state index < -0.39 is 0 Å². The minimum Gasteiger partial charge on any atom is -0.355 e. The van der Waals surface area contributed by atoms with E-state index in [-0.39, 0.29) is 23.6 Å². The van der Waals surface area contributed by atoms with Crippen LogP contribution in [0.15, 0.2) is 52.3 Å². The van der Waals surface area contributed by atoms with E-state index in [9.17, 15) is 9.59 Å². The highest BCUT2D eigenvalue weighted by Gasteiger charge is 2.25. The van der Waals surface area contributed by atoms with Gasteiger partial charge in [-0.05, 0) is 52.2 Å². The van der Waals surface area contributed by atoms with Crippen molar-refractivity contribution in [3.8, 4) is 11.3 Å². The molecule has 0 aliphatic heterocycles. The van der Waals surface area contributed by atoms with Crippen molar-refractivity contribution < 1.29 is 4.74 Å². The van der Waals surface area contributed by atoms with Crippen LogP contribution in [0.1, 0.15) is 64.8 Å². The average molecular weight is 492 g/mol. The lowest BCUT2D eigenvalue weighted by Gasteiger charge is -2.24. The predicted octanol–water partition coefficient (Wildman–Crippen LogP) is 4.95. The maximum Gasteiger partial charge on any atom is 0.331 e. The van der Waals surface area contributed by atoms with E-state index in [1.54, 1.807) is 4.57 Å². The number of hydrogen-bond donors (Lipinski definition) is 0. The Labute approximate surface area is 211 Å². The second-order valence-corrected chi connectivity index (χ2v) is 9.58. The van der Waals surface area contributed by atoms with Crippen molar-refractivity contribution in [3.05, 3.63) is 74.7 Å². The number of ether oxygens (including phenoxy) is 1. The van der Waals surface area contributed by atoms with Crippen LogP contribution in [-0.2, 0) is 24.4 Å². The van der Waals surface area contributed by atoms with Crippen LogP contribution >= 0.6 is 0 Å². The van der Waals surface area contributed by atoms with E-state index in [1.165, 1.54) is 15.7 Å². The maximum atomic E-state index is 13.7. The van der Waals surface area contributed by atoms with Crippen molar-refractivity contribution in [2.75, 3.05) is 0 Å². The first-order chi connectivity index (χ1) is 17.3. The molecule has 192 valence electrons. The summed E-state index contributed by atoms with van der Waals surface area (Å²) in [5.74, 6) is 0. The topological polar surface area (TPSA) is 76.0 Å². The molecule has 4 rings (SSSR count). The Hall–Kier alpha value is -3.39. The monoisotopic (exact) mass is 491 g/mol. The molecule has 8 heteroatoms. The summed E-state index contributed by atoms with van der Waals surface area (Å²) in [6.45, 7) is 13.5. The number of nitrogens with zero attached hydrogens (tertiary/aromatic N) is 5. The second-order valence-electron chi connectivity index (χ2n) is 9.58. The second kappa shape index (κ2) is 10.7. The molecule has 36 heavy (non-hydrogen) atoms. The van der Waals surface area contributed by atoms with Gasteiger partial charge in [0.05, 0.1) is 30.1 Å². The molecule has 3 aromatic heterocycles. The van der Waals surface area contributed by atoms with Gasteiger partial charge in [0.1, 0.15) is 11.7 Å². The van der Waals surface area contributed by atoms with Crippen LogP contribution in [0.3, 0.4) is 0 Å². The molecule has 0 saturated heterocycles. The van der Waals surface area contributed by atoms with Gasteiger partial charge in [0.15, 0.2) is 0 Å². The Morgan fingerprint density at radius 1 is 1.06 bits per heavy atom. The van der Waals surface area contributed by atoms with Crippen molar-refractivity contribution in [2.24, 2.45) is 0 Å². The Morgan fingerprint density at radius 2 is 1.83 bits per heavy atom. The molecule has 0 N–H and O–H groups in total. The first-order valence-electron chi connectivity index (χ1n) is 12.9. The summed E-state index contributed by atoms with van der Waals surface area (Å²) in [5, 5.41) is 4.62. The lowest BCUT2D eigenvalue weighted by molar-refractivity contribution is -0.0357. The summed E-state index contributed by atoms with van der Waals surface area (Å²) in [7, 11) is 0. The van der Waals surface area contributed by atoms with Crippen molar-refractivity contribution in [3.63, 3.8) is 0 Å². The normalized spacial score (nSPS) is 12.6. The fourth-order valence-electron chi connectivity index (χ4n) is 4.87. The van der Waals surface area contributed by atoms with E-state index in [2.05, 4.69) is 30.2 Å². The van der Waals surface area contributed by atoms with Gasteiger partial charge in [-0.2, -0.15) is 5.10 Å². The zero-order valence-electron chi connectivity index (χ0n) is 22.2. The summed E-state index contributed by atoms with van der Waals surface area (Å²) in [5.41, 5.74) is 4.66. The minimum absolute atomic E-state index is 0.0285. The van der Waals surface area contributed by atoms with Crippen molar-refractivity contribution in [1.82, 2.24) is 23.5 Å². The van der Waals surface area contributed by atoms with Crippen molar-refractivity contribution in [1.29, 1.82) is 0 Å². The van der Waals surface area contributed by atoms with Gasteiger partial charge in [0.25, 0.3) is 5.56 Å². The fourth-order valence-corrected chi connectivity index (χ4v) is 4.87. The number of aryl methyl sites for hydroxylation is 2. The number of rotatable bonds is 10. The Balaban J connectivity index is 1.95. The van der Waals surface area contributed by atoms with E-state index in [0.717, 1.165) is 11.3 Å². The highest BCUT2D eigenvalue weighted by molar-refractivity contribution is 5.83. The maximum absolute atomic E-state index is 13.7. The summed E-state index contributed by atoms with van der Waals surface area (Å²) >= 11 is 0. The minimum atomic E-state index is -0.358. The van der Waals surface area contributed by atoms with Crippen LogP contribution in [0.25, 0.3) is 22.3 Å². The molecule has 0 amide bonds. The molecular formula is C28H37N5O3. The quantitative estimate of drug-likeness (QED) is 0.315. The van der Waals surface area contributed by atoms with E-state index in [4.69, 9.17) is 4.74 Å². The molecule has 0 aliphatic carbocycles.